The Balaban J connectivity index is -0.0000000900. The maximum atomic E-state index is 10.2. The van der Waals surface area contributed by atoms with Gasteiger partial charge in [0.15, 0.2) is 0 Å². The standard InChI is InChI=1S/3C4H10NO5P.2CH4.H2/c3*5-3(4(6)7)1-2-11(8,9)10;;;/h3*3H,1-2,5H2,(H,6,7)(H2,8,9,10);2*1H4;1H/t2*3-;;;;/m10..../s1/i;;;;;1+1. The summed E-state index contributed by atoms with van der Waals surface area (Å²) in [4.78, 5) is 80.0. The van der Waals surface area contributed by atoms with Crippen molar-refractivity contribution in [3.05, 3.63) is 0 Å². The lowest BCUT2D eigenvalue weighted by Crippen LogP contribution is -2.30. The molecule has 0 aromatic carbocycles. The highest BCUT2D eigenvalue weighted by molar-refractivity contribution is 7.52. The van der Waals surface area contributed by atoms with Gasteiger partial charge in [0, 0.05) is 1.43 Å². The summed E-state index contributed by atoms with van der Waals surface area (Å²) in [5, 5.41) is 24.6. The van der Waals surface area contributed by atoms with Crippen molar-refractivity contribution in [1.82, 2.24) is 0 Å². The van der Waals surface area contributed by atoms with Crippen LogP contribution in [0.3, 0.4) is 0 Å². The van der Waals surface area contributed by atoms with Crippen LogP contribution in [0, 0.1) is 0 Å². The monoisotopic (exact) mass is 584 g/mol. The van der Waals surface area contributed by atoms with Crippen molar-refractivity contribution in [3.63, 3.8) is 0 Å². The first-order valence-corrected chi connectivity index (χ1v) is 14.0. The first kappa shape index (κ1) is 43.8. The molecular weight excluding hydrogens is 543 g/mol. The van der Waals surface area contributed by atoms with Gasteiger partial charge in [-0.05, 0) is 19.3 Å². The second-order valence-corrected chi connectivity index (χ2v) is 11.7. The second-order valence-electron chi connectivity index (χ2n) is 6.37. The number of carbonyl (C=O) groups is 3. The highest BCUT2D eigenvalue weighted by atomic mass is 31.2. The first-order valence-electron chi connectivity index (χ1n) is 8.57. The van der Waals surface area contributed by atoms with Crippen molar-refractivity contribution >= 4 is 40.7 Å². The molecule has 0 saturated heterocycles. The fourth-order valence-corrected chi connectivity index (χ4v) is 3.14. The molecule has 3 atom stereocenters. The molecule has 0 bridgehead atoms. The van der Waals surface area contributed by atoms with Crippen LogP contribution in [0.15, 0.2) is 0 Å². The molecule has 0 radical (unpaired) electrons. The summed E-state index contributed by atoms with van der Waals surface area (Å²) in [6.07, 6.45) is -2.08. The lowest BCUT2D eigenvalue weighted by Gasteiger charge is -2.06. The molecule has 0 aromatic heterocycles. The molecule has 0 aromatic rings. The quantitative estimate of drug-likeness (QED) is 0.115. The maximum Gasteiger partial charge on any atom is 0.325 e. The average molecular weight is 584 g/mol. The van der Waals surface area contributed by atoms with Gasteiger partial charge in [0.25, 0.3) is 0 Å². The fourth-order valence-electron chi connectivity index (χ4n) is 1.29. The summed E-state index contributed by atoms with van der Waals surface area (Å²) in [6, 6.07) is -3.58. The van der Waals surface area contributed by atoms with Crippen molar-refractivity contribution in [2.75, 3.05) is 18.5 Å². The van der Waals surface area contributed by atoms with Gasteiger partial charge in [-0.15, -0.1) is 0 Å². The summed E-state index contributed by atoms with van der Waals surface area (Å²) in [5.74, 6) is -3.75. The van der Waals surface area contributed by atoms with E-state index in [2.05, 4.69) is 0 Å². The number of nitrogens with two attached hydrogens (primary N) is 3. The Morgan fingerprint density at radius 2 is 0.686 bits per heavy atom. The number of hydrogen-bond donors (Lipinski definition) is 12. The molecule has 0 aliphatic rings. The molecule has 18 nitrogen and oxygen atoms in total. The van der Waals surface area contributed by atoms with Crippen LogP contribution in [-0.4, -0.2) is 99.2 Å². The zero-order valence-electron chi connectivity index (χ0n) is 17.0. The summed E-state index contributed by atoms with van der Waals surface area (Å²) in [5.41, 5.74) is 14.9. The van der Waals surface area contributed by atoms with Gasteiger partial charge in [-0.3, -0.25) is 28.1 Å². The molecule has 0 fully saturated rings. The van der Waals surface area contributed by atoms with Gasteiger partial charge in [0.1, 0.15) is 18.1 Å². The van der Waals surface area contributed by atoms with Gasteiger partial charge in [0.05, 0.1) is 18.5 Å². The van der Waals surface area contributed by atoms with Crippen molar-refractivity contribution in [2.24, 2.45) is 17.2 Å². The number of hydrogen-bond acceptors (Lipinski definition) is 9. The SMILES string of the molecule is C.C.NC(CCP(=O)(O)O)C(=O)O.N[C@@H](CCP(=O)(O)O)C(=O)O.N[C@H](CCP(=O)(O)O)C(=O)O.[2HH]. The van der Waals surface area contributed by atoms with E-state index in [9.17, 15) is 28.1 Å². The lowest BCUT2D eigenvalue weighted by molar-refractivity contribution is -0.139. The predicted octanol–water partition coefficient (Wildman–Crippen LogP) is -1.58. The second kappa shape index (κ2) is 19.9. The first-order chi connectivity index (χ1) is 14.5. The molecule has 1 unspecified atom stereocenters. The van der Waals surface area contributed by atoms with Crippen LogP contribution in [-0.2, 0) is 28.1 Å². The molecule has 0 aliphatic heterocycles. The molecule has 0 saturated carbocycles. The van der Waals surface area contributed by atoms with Crippen LogP contribution < -0.4 is 17.2 Å². The van der Waals surface area contributed by atoms with Gasteiger partial charge in [-0.2, -0.15) is 0 Å². The van der Waals surface area contributed by atoms with E-state index >= 15 is 0 Å². The Bertz CT molecular complexity index is 670. The minimum absolute atomic E-state index is 0. The zero-order valence-corrected chi connectivity index (χ0v) is 19.7. The topological polar surface area (TPSA) is 363 Å². The molecule has 15 N–H and O–H groups in total. The predicted molar refractivity (Wildman–Crippen MR) is 127 cm³/mol. The molecule has 0 heterocycles. The Kier molecular flexibility index (Phi) is 24.9. The fraction of sp³-hybridized carbons (Fsp3) is 0.786. The molecule has 35 heavy (non-hydrogen) atoms. The van der Waals surface area contributed by atoms with Gasteiger partial charge in [-0.1, -0.05) is 14.9 Å². The van der Waals surface area contributed by atoms with E-state index in [1.807, 2.05) is 0 Å². The summed E-state index contributed by atoms with van der Waals surface area (Å²) in [7, 11) is -12.3. The van der Waals surface area contributed by atoms with E-state index in [-0.39, 0.29) is 35.5 Å². The Morgan fingerprint density at radius 1 is 0.543 bits per heavy atom. The summed E-state index contributed by atoms with van der Waals surface area (Å²) < 4.78 is 30.6. The largest absolute Gasteiger partial charge is 0.480 e. The van der Waals surface area contributed by atoms with E-state index in [1.165, 1.54) is 0 Å². The maximum absolute atomic E-state index is 10.2. The summed E-state index contributed by atoms with van der Waals surface area (Å²) >= 11 is 0. The molecule has 21 heteroatoms. The smallest absolute Gasteiger partial charge is 0.325 e. The van der Waals surface area contributed by atoms with E-state index in [0.29, 0.717) is 0 Å². The Hall–Kier alpha value is -1.26. The van der Waals surface area contributed by atoms with Crippen molar-refractivity contribution in [3.8, 4) is 0 Å². The highest BCUT2D eigenvalue weighted by Crippen LogP contribution is 2.36. The van der Waals surface area contributed by atoms with Crippen LogP contribution in [0.1, 0.15) is 35.5 Å². The highest BCUT2D eigenvalue weighted by Gasteiger charge is 2.20. The van der Waals surface area contributed by atoms with E-state index < -0.39 is 77.3 Å². The number of carboxylic acids is 3. The lowest BCUT2D eigenvalue weighted by atomic mass is 10.2. The van der Waals surface area contributed by atoms with Gasteiger partial charge >= 0.3 is 40.7 Å². The van der Waals surface area contributed by atoms with E-state index in [1.54, 1.807) is 0 Å². The average Bonchev–Trinajstić information content (AvgIpc) is 2.60. The van der Waals surface area contributed by atoms with Crippen LogP contribution in [0.4, 0.5) is 0 Å². The van der Waals surface area contributed by atoms with Crippen LogP contribution in [0.2, 0.25) is 0 Å². The third-order valence-electron chi connectivity index (χ3n) is 3.15. The molecule has 0 amide bonds. The van der Waals surface area contributed by atoms with E-state index in [4.69, 9.17) is 61.9 Å². The molecular formula is C14H40N3O15P3. The van der Waals surface area contributed by atoms with Crippen molar-refractivity contribution in [2.45, 2.75) is 52.2 Å². The van der Waals surface area contributed by atoms with Crippen LogP contribution >= 0.6 is 22.8 Å². The van der Waals surface area contributed by atoms with Gasteiger partial charge in [-0.25, -0.2) is 0 Å². The normalized spacial score (nSPS) is 13.6. The van der Waals surface area contributed by atoms with Gasteiger partial charge < -0.3 is 61.9 Å². The van der Waals surface area contributed by atoms with Gasteiger partial charge in [0.2, 0.25) is 0 Å². The minimum Gasteiger partial charge on any atom is -0.480 e. The molecule has 0 aliphatic carbocycles. The Morgan fingerprint density at radius 3 is 0.771 bits per heavy atom. The molecule has 0 rings (SSSR count). The Labute approximate surface area is 203 Å². The third-order valence-corrected chi connectivity index (χ3v) is 5.67. The van der Waals surface area contributed by atoms with Crippen molar-refractivity contribution in [1.29, 1.82) is 0 Å². The number of rotatable bonds is 12. The number of aliphatic carboxylic acids is 3. The molecule has 216 valence electrons. The van der Waals surface area contributed by atoms with E-state index in [0.717, 1.165) is 0 Å². The zero-order chi connectivity index (χ0) is 27.2. The van der Waals surface area contributed by atoms with Crippen LogP contribution in [0.5, 0.6) is 0 Å². The van der Waals surface area contributed by atoms with Crippen LogP contribution in [0.25, 0.3) is 0 Å². The number of carboxylic acid groups (broad SMARTS) is 3. The van der Waals surface area contributed by atoms with Crippen molar-refractivity contribution < 1.29 is 74.2 Å². The third kappa shape index (κ3) is 37.5. The summed E-state index contributed by atoms with van der Waals surface area (Å²) in [6.45, 7) is 0. The molecule has 0 spiro atoms. The minimum atomic E-state index is -4.10.